The Morgan fingerprint density at radius 3 is 2.62 bits per heavy atom. The highest BCUT2D eigenvalue weighted by molar-refractivity contribution is 6.30. The van der Waals surface area contributed by atoms with Gasteiger partial charge in [-0.1, -0.05) is 30.7 Å². The molecule has 2 unspecified atom stereocenters. The highest BCUT2D eigenvalue weighted by Gasteiger charge is 2.36. The summed E-state index contributed by atoms with van der Waals surface area (Å²) in [5.74, 6) is -0.749. The van der Waals surface area contributed by atoms with Crippen LogP contribution in [0, 0.1) is 5.92 Å². The van der Waals surface area contributed by atoms with Crippen molar-refractivity contribution < 1.29 is 19.4 Å². The Hall–Kier alpha value is -1.43. The van der Waals surface area contributed by atoms with Crippen LogP contribution >= 0.6 is 11.6 Å². The van der Waals surface area contributed by atoms with E-state index in [-0.39, 0.29) is 37.3 Å². The minimum absolute atomic E-state index is 0.0113. The van der Waals surface area contributed by atoms with Gasteiger partial charge in [-0.3, -0.25) is 14.5 Å². The summed E-state index contributed by atoms with van der Waals surface area (Å²) in [7, 11) is 0. The number of amides is 2. The van der Waals surface area contributed by atoms with Crippen LogP contribution in [0.1, 0.15) is 18.9 Å². The zero-order valence-corrected chi connectivity index (χ0v) is 12.5. The van der Waals surface area contributed by atoms with Crippen LogP contribution in [-0.2, 0) is 20.9 Å². The topological polar surface area (TPSA) is 66.8 Å². The maximum atomic E-state index is 11.7. The van der Waals surface area contributed by atoms with Gasteiger partial charge in [0.1, 0.15) is 0 Å². The van der Waals surface area contributed by atoms with E-state index in [1.165, 1.54) is 0 Å². The fraction of sp³-hybridized carbons (Fsp3) is 0.467. The third-order valence-corrected chi connectivity index (χ3v) is 3.61. The van der Waals surface area contributed by atoms with Crippen molar-refractivity contribution in [1.82, 2.24) is 4.90 Å². The predicted octanol–water partition coefficient (Wildman–Crippen LogP) is 1.61. The van der Waals surface area contributed by atoms with Crippen molar-refractivity contribution in [3.8, 4) is 0 Å². The van der Waals surface area contributed by atoms with Gasteiger partial charge >= 0.3 is 0 Å². The quantitative estimate of drug-likeness (QED) is 0.811. The van der Waals surface area contributed by atoms with Gasteiger partial charge in [-0.2, -0.15) is 0 Å². The van der Waals surface area contributed by atoms with E-state index in [0.29, 0.717) is 11.6 Å². The Labute approximate surface area is 128 Å². The number of β-amino-alcohol motifs (C(OH)–C–C–N with tert-alkyl or cyclic N) is 1. The van der Waals surface area contributed by atoms with Gasteiger partial charge in [-0.25, -0.2) is 0 Å². The zero-order valence-electron chi connectivity index (χ0n) is 11.8. The Kier molecular flexibility index (Phi) is 5.33. The largest absolute Gasteiger partial charge is 0.389 e. The Morgan fingerprint density at radius 2 is 2.05 bits per heavy atom. The SMILES string of the molecule is CC1CC(=O)N(CC(O)COCc2ccc(Cl)cc2)C1=O. The molecule has 2 amide bonds. The van der Waals surface area contributed by atoms with Crippen LogP contribution in [0.25, 0.3) is 0 Å². The fourth-order valence-corrected chi connectivity index (χ4v) is 2.32. The highest BCUT2D eigenvalue weighted by atomic mass is 35.5. The Morgan fingerprint density at radius 1 is 1.38 bits per heavy atom. The van der Waals surface area contributed by atoms with Gasteiger partial charge in [0.05, 0.1) is 25.9 Å². The maximum Gasteiger partial charge on any atom is 0.232 e. The van der Waals surface area contributed by atoms with Crippen molar-refractivity contribution in [3.63, 3.8) is 0 Å². The van der Waals surface area contributed by atoms with Crippen molar-refractivity contribution in [3.05, 3.63) is 34.9 Å². The number of imide groups is 1. The second-order valence-corrected chi connectivity index (χ2v) is 5.68. The molecule has 1 aromatic carbocycles. The highest BCUT2D eigenvalue weighted by Crippen LogP contribution is 2.19. The summed E-state index contributed by atoms with van der Waals surface area (Å²) < 4.78 is 5.39. The van der Waals surface area contributed by atoms with Gasteiger partial charge in [0.2, 0.25) is 11.8 Å². The van der Waals surface area contributed by atoms with Gasteiger partial charge in [-0.05, 0) is 17.7 Å². The lowest BCUT2D eigenvalue weighted by atomic mass is 10.1. The van der Waals surface area contributed by atoms with Gasteiger partial charge in [0.15, 0.2) is 0 Å². The molecule has 21 heavy (non-hydrogen) atoms. The summed E-state index contributed by atoms with van der Waals surface area (Å²) in [6, 6.07) is 7.20. The lowest BCUT2D eigenvalue weighted by molar-refractivity contribution is -0.141. The lowest BCUT2D eigenvalue weighted by Crippen LogP contribution is -2.39. The monoisotopic (exact) mass is 311 g/mol. The average molecular weight is 312 g/mol. The number of rotatable bonds is 6. The first-order valence-corrected chi connectivity index (χ1v) is 7.19. The molecule has 1 aliphatic rings. The van der Waals surface area contributed by atoms with E-state index >= 15 is 0 Å². The van der Waals surface area contributed by atoms with Crippen LogP contribution in [0.3, 0.4) is 0 Å². The minimum Gasteiger partial charge on any atom is -0.389 e. The summed E-state index contributed by atoms with van der Waals surface area (Å²) in [6.07, 6.45) is -0.660. The lowest BCUT2D eigenvalue weighted by Gasteiger charge is -2.18. The van der Waals surface area contributed by atoms with Crippen LogP contribution in [0.5, 0.6) is 0 Å². The second kappa shape index (κ2) is 7.02. The normalized spacial score (nSPS) is 20.1. The van der Waals surface area contributed by atoms with Crippen molar-refractivity contribution in [2.75, 3.05) is 13.2 Å². The van der Waals surface area contributed by atoms with Crippen molar-refractivity contribution >= 4 is 23.4 Å². The van der Waals surface area contributed by atoms with Crippen LogP contribution in [0.2, 0.25) is 5.02 Å². The molecular formula is C15H18ClNO4. The Bertz CT molecular complexity index is 517. The molecule has 0 bridgehead atoms. The molecule has 0 radical (unpaired) electrons. The summed E-state index contributed by atoms with van der Waals surface area (Å²) in [6.45, 7) is 2.10. The summed E-state index contributed by atoms with van der Waals surface area (Å²) in [5, 5.41) is 10.5. The van der Waals surface area contributed by atoms with Crippen LogP contribution in [0.4, 0.5) is 0 Å². The number of benzene rings is 1. The first-order valence-electron chi connectivity index (χ1n) is 6.82. The molecular weight excluding hydrogens is 294 g/mol. The number of ether oxygens (including phenoxy) is 1. The van der Waals surface area contributed by atoms with Gasteiger partial charge < -0.3 is 9.84 Å². The van der Waals surface area contributed by atoms with Gasteiger partial charge in [-0.15, -0.1) is 0 Å². The summed E-state index contributed by atoms with van der Waals surface area (Å²) in [4.78, 5) is 24.4. The molecule has 2 rings (SSSR count). The van der Waals surface area contributed by atoms with E-state index < -0.39 is 6.10 Å². The number of hydrogen-bond acceptors (Lipinski definition) is 4. The van der Waals surface area contributed by atoms with Crippen molar-refractivity contribution in [2.45, 2.75) is 26.1 Å². The molecule has 0 aliphatic carbocycles. The molecule has 1 N–H and O–H groups in total. The number of aliphatic hydroxyl groups excluding tert-OH is 1. The molecule has 0 spiro atoms. The first-order chi connectivity index (χ1) is 9.97. The molecule has 0 aromatic heterocycles. The van der Waals surface area contributed by atoms with E-state index in [4.69, 9.17) is 16.3 Å². The molecule has 1 aromatic rings. The Balaban J connectivity index is 1.75. The second-order valence-electron chi connectivity index (χ2n) is 5.24. The maximum absolute atomic E-state index is 11.7. The third kappa shape index (κ3) is 4.27. The molecule has 0 saturated carbocycles. The molecule has 6 heteroatoms. The smallest absolute Gasteiger partial charge is 0.232 e. The standard InChI is InChI=1S/C15H18ClNO4/c1-10-6-14(19)17(15(10)20)7-13(18)9-21-8-11-2-4-12(16)5-3-11/h2-5,10,13,18H,6-9H2,1H3. The predicted molar refractivity (Wildman–Crippen MR) is 77.6 cm³/mol. The van der Waals surface area contributed by atoms with Crippen molar-refractivity contribution in [2.24, 2.45) is 5.92 Å². The van der Waals surface area contributed by atoms with E-state index in [2.05, 4.69) is 0 Å². The zero-order chi connectivity index (χ0) is 15.4. The number of hydrogen-bond donors (Lipinski definition) is 1. The van der Waals surface area contributed by atoms with E-state index in [1.54, 1.807) is 19.1 Å². The minimum atomic E-state index is -0.879. The molecule has 1 heterocycles. The number of carbonyl (C=O) groups excluding carboxylic acids is 2. The molecule has 114 valence electrons. The number of likely N-dealkylation sites (tertiary alicyclic amines) is 1. The molecule has 2 atom stereocenters. The van der Waals surface area contributed by atoms with Crippen LogP contribution in [0.15, 0.2) is 24.3 Å². The molecule has 1 fully saturated rings. The van der Waals surface area contributed by atoms with E-state index in [9.17, 15) is 14.7 Å². The summed E-state index contributed by atoms with van der Waals surface area (Å²) in [5.41, 5.74) is 0.938. The number of aliphatic hydroxyl groups is 1. The van der Waals surface area contributed by atoms with E-state index in [0.717, 1.165) is 10.5 Å². The van der Waals surface area contributed by atoms with Crippen LogP contribution < -0.4 is 0 Å². The van der Waals surface area contributed by atoms with Crippen molar-refractivity contribution in [1.29, 1.82) is 0 Å². The first kappa shape index (κ1) is 15.9. The number of carbonyl (C=O) groups is 2. The number of halogens is 1. The van der Waals surface area contributed by atoms with Gasteiger partial charge in [0.25, 0.3) is 0 Å². The molecule has 1 saturated heterocycles. The fourth-order valence-electron chi connectivity index (χ4n) is 2.20. The summed E-state index contributed by atoms with van der Waals surface area (Å²) >= 11 is 5.78. The van der Waals surface area contributed by atoms with Crippen LogP contribution in [-0.4, -0.2) is 41.1 Å². The van der Waals surface area contributed by atoms with E-state index in [1.807, 2.05) is 12.1 Å². The number of nitrogens with zero attached hydrogens (tertiary/aromatic N) is 1. The van der Waals surface area contributed by atoms with Gasteiger partial charge in [0, 0.05) is 17.4 Å². The third-order valence-electron chi connectivity index (χ3n) is 3.36. The average Bonchev–Trinajstić information content (AvgIpc) is 2.68. The molecule has 1 aliphatic heterocycles. The molecule has 5 nitrogen and oxygen atoms in total.